The van der Waals surface area contributed by atoms with Crippen LogP contribution in [0.1, 0.15) is 64.0 Å². The highest BCUT2D eigenvalue weighted by molar-refractivity contribution is 6.39. The minimum Gasteiger partial charge on any atom is -0.369 e. The maximum atomic E-state index is 13.3. The van der Waals surface area contributed by atoms with Crippen molar-refractivity contribution in [1.29, 1.82) is 0 Å². The quantitative estimate of drug-likeness (QED) is 0.241. The van der Waals surface area contributed by atoms with Crippen molar-refractivity contribution >= 4 is 63.9 Å². The summed E-state index contributed by atoms with van der Waals surface area (Å²) in [7, 11) is 0. The van der Waals surface area contributed by atoms with E-state index < -0.39 is 11.7 Å². The van der Waals surface area contributed by atoms with Gasteiger partial charge in [0.25, 0.3) is 0 Å². The lowest BCUT2D eigenvalue weighted by atomic mass is 9.85. The second-order valence-electron chi connectivity index (χ2n) is 11.6. The van der Waals surface area contributed by atoms with Crippen molar-refractivity contribution < 1.29 is 22.8 Å². The highest BCUT2D eigenvalue weighted by Crippen LogP contribution is 2.42. The molecule has 2 aromatic heterocycles. The van der Waals surface area contributed by atoms with Gasteiger partial charge >= 0.3 is 12.2 Å². The second kappa shape index (κ2) is 12.8. The Hall–Kier alpha value is -3.52. The number of nitrogens with zero attached hydrogens (tertiary/aromatic N) is 5. The van der Waals surface area contributed by atoms with Gasteiger partial charge in [-0.3, -0.25) is 9.36 Å². The summed E-state index contributed by atoms with van der Waals surface area (Å²) < 4.78 is 41.8. The van der Waals surface area contributed by atoms with Crippen molar-refractivity contribution in [2.24, 2.45) is 11.7 Å². The molecule has 1 atom stereocenters. The average Bonchev–Trinajstić information content (AvgIpc) is 3.31. The van der Waals surface area contributed by atoms with Gasteiger partial charge in [-0.25, -0.2) is 14.8 Å². The number of carbonyl (C=O) groups excluding carboxylic acids is 2. The monoisotopic (exact) mass is 655 g/mol. The van der Waals surface area contributed by atoms with Gasteiger partial charge in [-0.2, -0.15) is 18.2 Å². The van der Waals surface area contributed by atoms with Gasteiger partial charge in [0.05, 0.1) is 27.5 Å². The van der Waals surface area contributed by atoms with Crippen molar-refractivity contribution in [1.82, 2.24) is 29.7 Å². The van der Waals surface area contributed by atoms with Gasteiger partial charge in [0, 0.05) is 37.1 Å². The predicted octanol–water partition coefficient (Wildman–Crippen LogP) is 6.11. The fourth-order valence-electron chi connectivity index (χ4n) is 5.78. The van der Waals surface area contributed by atoms with E-state index in [1.165, 1.54) is 0 Å². The summed E-state index contributed by atoms with van der Waals surface area (Å²) in [6, 6.07) is 1.27. The number of piperidine rings is 1. The topological polar surface area (TPSA) is 143 Å². The van der Waals surface area contributed by atoms with Gasteiger partial charge in [-0.05, 0) is 64.5 Å². The molecule has 0 bridgehead atoms. The zero-order valence-corrected chi connectivity index (χ0v) is 25.7. The molecular weight excluding hydrogens is 622 g/mol. The Balaban J connectivity index is 1.46. The third-order valence-electron chi connectivity index (χ3n) is 7.96. The summed E-state index contributed by atoms with van der Waals surface area (Å²) in [6.07, 6.45) is 0.889. The number of nitrogens with two attached hydrogens (primary N) is 1. The van der Waals surface area contributed by atoms with Crippen LogP contribution in [-0.4, -0.2) is 61.5 Å². The first-order valence-electron chi connectivity index (χ1n) is 14.5. The van der Waals surface area contributed by atoms with E-state index in [9.17, 15) is 22.8 Å². The molecule has 1 aliphatic carbocycles. The summed E-state index contributed by atoms with van der Waals surface area (Å²) >= 11 is 12.5. The Morgan fingerprint density at radius 1 is 1.07 bits per heavy atom. The number of urea groups is 1. The summed E-state index contributed by atoms with van der Waals surface area (Å²) in [4.78, 5) is 40.0. The number of primary amides is 1. The number of amides is 3. The highest BCUT2D eigenvalue weighted by atomic mass is 35.5. The summed E-state index contributed by atoms with van der Waals surface area (Å²) in [6.45, 7) is 4.95. The second-order valence-corrected chi connectivity index (χ2v) is 12.4. The van der Waals surface area contributed by atoms with E-state index in [0.717, 1.165) is 25.0 Å². The molecule has 5 rings (SSSR count). The number of hydrogen-bond donors (Lipinski definition) is 4. The first-order valence-corrected chi connectivity index (χ1v) is 15.2. The minimum absolute atomic E-state index is 0.0232. The fourth-order valence-corrected chi connectivity index (χ4v) is 6.36. The number of halogens is 5. The number of alkyl halides is 3. The van der Waals surface area contributed by atoms with Crippen LogP contribution in [0.15, 0.2) is 18.3 Å². The third kappa shape index (κ3) is 7.06. The molecule has 1 saturated carbocycles. The predicted molar refractivity (Wildman–Crippen MR) is 162 cm³/mol. The van der Waals surface area contributed by atoms with Crippen LogP contribution in [0.2, 0.25) is 10.0 Å². The molecule has 238 valence electrons. The molecule has 44 heavy (non-hydrogen) atoms. The average molecular weight is 657 g/mol. The number of hydrogen-bond acceptors (Lipinski definition) is 7. The van der Waals surface area contributed by atoms with Gasteiger partial charge in [-0.1, -0.05) is 23.2 Å². The first-order chi connectivity index (χ1) is 20.8. The molecule has 2 fully saturated rings. The van der Waals surface area contributed by atoms with Crippen LogP contribution < -0.4 is 21.7 Å². The normalized spacial score (nSPS) is 21.0. The number of benzene rings is 1. The molecule has 1 saturated heterocycles. The Bertz CT molecular complexity index is 1520. The number of carbonyl (C=O) groups is 2. The minimum atomic E-state index is -4.62. The number of likely N-dealkylation sites (tertiary alicyclic amines) is 1. The smallest absolute Gasteiger partial charge is 0.369 e. The van der Waals surface area contributed by atoms with Crippen LogP contribution in [0.3, 0.4) is 0 Å². The molecule has 1 aliphatic heterocycles. The molecule has 5 N–H and O–H groups in total. The van der Waals surface area contributed by atoms with Crippen LogP contribution in [0.5, 0.6) is 0 Å². The molecule has 3 aromatic rings. The van der Waals surface area contributed by atoms with Crippen LogP contribution in [0, 0.1) is 5.92 Å². The van der Waals surface area contributed by atoms with Crippen LogP contribution in [-0.2, 0) is 11.0 Å². The summed E-state index contributed by atoms with van der Waals surface area (Å²) in [5.41, 5.74) is 5.57. The maximum Gasteiger partial charge on any atom is 0.416 e. The van der Waals surface area contributed by atoms with E-state index in [1.54, 1.807) is 11.1 Å². The number of rotatable bonds is 7. The number of aromatic nitrogens is 4. The molecule has 0 radical (unpaired) electrons. The SMILES string of the molecule is CC(C)NC(=O)N1CCCC(Nc2ncc3nc(Nc4c(Cl)cc(C(F)(F)F)cc4Cl)n(C4CCC(C(N)=O)CC4)c3n2)C1. The van der Waals surface area contributed by atoms with E-state index >= 15 is 0 Å². The van der Waals surface area contributed by atoms with Gasteiger partial charge < -0.3 is 26.6 Å². The molecule has 3 amide bonds. The lowest BCUT2D eigenvalue weighted by Gasteiger charge is -2.33. The molecule has 1 aromatic carbocycles. The number of nitrogens with one attached hydrogen (secondary N) is 3. The summed E-state index contributed by atoms with van der Waals surface area (Å²) in [5, 5.41) is 8.85. The molecule has 2 aliphatic rings. The standard InChI is InChI=1S/C28H34Cl2F3N9O2/c1-14(2)36-27(44)41-9-3-4-17(13-41)37-25-35-12-21-24(40-25)42(18-7-5-15(6-8-18)23(34)43)26(38-21)39-22-19(29)10-16(11-20(22)30)28(31,32)33/h10-12,14-15,17-18H,3-9,13H2,1-2H3,(H2,34,43)(H,36,44)(H,38,39)(H,35,37,40). The van der Waals surface area contributed by atoms with Crippen LogP contribution in [0.25, 0.3) is 11.2 Å². The molecule has 3 heterocycles. The van der Waals surface area contributed by atoms with Gasteiger partial charge in [0.2, 0.25) is 17.8 Å². The Labute approximate surface area is 262 Å². The van der Waals surface area contributed by atoms with E-state index in [-0.39, 0.29) is 57.7 Å². The molecular formula is C28H34Cl2F3N9O2. The Kier molecular flexibility index (Phi) is 9.30. The van der Waals surface area contributed by atoms with E-state index in [1.807, 2.05) is 18.4 Å². The third-order valence-corrected chi connectivity index (χ3v) is 8.55. The van der Waals surface area contributed by atoms with E-state index in [2.05, 4.69) is 25.9 Å². The van der Waals surface area contributed by atoms with E-state index in [4.69, 9.17) is 33.9 Å². The maximum absolute atomic E-state index is 13.3. The van der Waals surface area contributed by atoms with Gasteiger partial charge in [-0.15, -0.1) is 0 Å². The summed E-state index contributed by atoms with van der Waals surface area (Å²) in [5.74, 6) is 0.0210. The van der Waals surface area contributed by atoms with Gasteiger partial charge in [0.15, 0.2) is 5.65 Å². The number of fused-ring (bicyclic) bond motifs is 1. The molecule has 1 unspecified atom stereocenters. The molecule has 16 heteroatoms. The van der Waals surface area contributed by atoms with Crippen LogP contribution >= 0.6 is 23.2 Å². The van der Waals surface area contributed by atoms with Crippen molar-refractivity contribution in [2.45, 2.75) is 76.7 Å². The first kappa shape index (κ1) is 31.9. The Morgan fingerprint density at radius 3 is 2.36 bits per heavy atom. The lowest BCUT2D eigenvalue weighted by Crippen LogP contribution is -2.50. The van der Waals surface area contributed by atoms with Crippen molar-refractivity contribution in [3.8, 4) is 0 Å². The zero-order chi connectivity index (χ0) is 31.8. The van der Waals surface area contributed by atoms with Crippen molar-refractivity contribution in [3.63, 3.8) is 0 Å². The fraction of sp³-hybridized carbons (Fsp3) is 0.536. The van der Waals surface area contributed by atoms with Crippen LogP contribution in [0.4, 0.5) is 35.5 Å². The van der Waals surface area contributed by atoms with E-state index in [0.29, 0.717) is 55.9 Å². The largest absolute Gasteiger partial charge is 0.416 e. The Morgan fingerprint density at radius 2 is 1.75 bits per heavy atom. The van der Waals surface area contributed by atoms with Crippen molar-refractivity contribution in [3.05, 3.63) is 33.9 Å². The van der Waals surface area contributed by atoms with Crippen molar-refractivity contribution in [2.75, 3.05) is 23.7 Å². The number of imidazole rings is 1. The number of anilines is 3. The molecule has 0 spiro atoms. The zero-order valence-electron chi connectivity index (χ0n) is 24.2. The lowest BCUT2D eigenvalue weighted by molar-refractivity contribution is -0.137. The van der Waals surface area contributed by atoms with Gasteiger partial charge in [0.1, 0.15) is 5.52 Å². The molecule has 11 nitrogen and oxygen atoms in total. The highest BCUT2D eigenvalue weighted by Gasteiger charge is 2.33.